The molecule has 28 heavy (non-hydrogen) atoms. The summed E-state index contributed by atoms with van der Waals surface area (Å²) < 4.78 is 23.9. The predicted octanol–water partition coefficient (Wildman–Crippen LogP) is 2.50. The normalized spacial score (nSPS) is 57.7. The summed E-state index contributed by atoms with van der Waals surface area (Å²) in [7, 11) is 1.58. The smallest absolute Gasteiger partial charge is 0.203 e. The standard InChI is InChI=1S/C22H32O6/c1-10-6-14(25-5)20(24)22(4)12(10)7-15-21(3)13(8-16(23)28-15)11(2)17-18(19(21)22)27-9-26-17/h6,10-13,15-19,23H,7-9H2,1-5H3/t10-,11-,12+,13?,15?,16?,17+,18-,19+,21?,22?/m1/s1. The number of Topliss-reactive ketones (excluding diaryl/α,β-unsaturated/α-hetero) is 1. The van der Waals surface area contributed by atoms with E-state index in [0.717, 1.165) is 6.42 Å². The quantitative estimate of drug-likeness (QED) is 0.739. The Morgan fingerprint density at radius 1 is 1.14 bits per heavy atom. The minimum atomic E-state index is -0.755. The van der Waals surface area contributed by atoms with Gasteiger partial charge >= 0.3 is 0 Å². The SMILES string of the molecule is COC1=C[C@@H](C)[C@@H]2CC3OC(O)CC4[C@@H](C)[C@@H]5OCO[C@H]5[C@@H](C34C)C2(C)C1=O. The molecular weight excluding hydrogens is 360 g/mol. The van der Waals surface area contributed by atoms with Crippen molar-refractivity contribution in [3.8, 4) is 0 Å². The molecule has 0 aromatic heterocycles. The van der Waals surface area contributed by atoms with E-state index in [1.165, 1.54) is 0 Å². The van der Waals surface area contributed by atoms with E-state index >= 15 is 0 Å². The van der Waals surface area contributed by atoms with E-state index in [9.17, 15) is 9.90 Å². The van der Waals surface area contributed by atoms with Crippen LogP contribution >= 0.6 is 0 Å². The maximum atomic E-state index is 13.7. The first-order valence-corrected chi connectivity index (χ1v) is 10.6. The van der Waals surface area contributed by atoms with Gasteiger partial charge in [0.1, 0.15) is 6.79 Å². The van der Waals surface area contributed by atoms with Gasteiger partial charge in [0, 0.05) is 23.2 Å². The molecule has 2 saturated heterocycles. The molecule has 156 valence electrons. The number of allylic oxidation sites excluding steroid dienone is 2. The number of methoxy groups -OCH3 is 1. The maximum absolute atomic E-state index is 13.7. The Bertz CT molecular complexity index is 720. The van der Waals surface area contributed by atoms with Gasteiger partial charge in [0.05, 0.1) is 25.4 Å². The second-order valence-electron chi connectivity index (χ2n) is 10.1. The van der Waals surface area contributed by atoms with Crippen LogP contribution in [-0.4, -0.2) is 49.4 Å². The van der Waals surface area contributed by atoms with Crippen LogP contribution in [0.1, 0.15) is 40.5 Å². The van der Waals surface area contributed by atoms with Crippen molar-refractivity contribution in [2.45, 2.75) is 65.1 Å². The van der Waals surface area contributed by atoms with Crippen molar-refractivity contribution in [2.75, 3.05) is 13.9 Å². The monoisotopic (exact) mass is 392 g/mol. The van der Waals surface area contributed by atoms with E-state index in [-0.39, 0.29) is 65.9 Å². The maximum Gasteiger partial charge on any atom is 0.203 e. The lowest BCUT2D eigenvalue weighted by atomic mass is 9.38. The molecule has 0 aromatic rings. The summed E-state index contributed by atoms with van der Waals surface area (Å²) in [6.07, 6.45) is 2.27. The van der Waals surface area contributed by atoms with Gasteiger partial charge < -0.3 is 24.1 Å². The average Bonchev–Trinajstić information content (AvgIpc) is 3.12. The molecule has 3 aliphatic carbocycles. The first kappa shape index (κ1) is 19.0. The molecule has 2 saturated carbocycles. The molecule has 0 aromatic carbocycles. The van der Waals surface area contributed by atoms with Crippen LogP contribution < -0.4 is 0 Å². The molecule has 0 bridgehead atoms. The van der Waals surface area contributed by atoms with Gasteiger partial charge in [-0.15, -0.1) is 0 Å². The van der Waals surface area contributed by atoms with Crippen molar-refractivity contribution in [3.05, 3.63) is 11.8 Å². The van der Waals surface area contributed by atoms with Gasteiger partial charge in [0.25, 0.3) is 0 Å². The third kappa shape index (κ3) is 2.10. The lowest BCUT2D eigenvalue weighted by molar-refractivity contribution is -0.314. The lowest BCUT2D eigenvalue weighted by Crippen LogP contribution is -2.73. The highest BCUT2D eigenvalue weighted by Crippen LogP contribution is 2.69. The van der Waals surface area contributed by atoms with Gasteiger partial charge in [-0.2, -0.15) is 0 Å². The number of rotatable bonds is 1. The van der Waals surface area contributed by atoms with Crippen LogP contribution in [0.3, 0.4) is 0 Å². The van der Waals surface area contributed by atoms with Crippen molar-refractivity contribution in [1.82, 2.24) is 0 Å². The van der Waals surface area contributed by atoms with Crippen LogP contribution in [0.25, 0.3) is 0 Å². The highest BCUT2D eigenvalue weighted by molar-refractivity contribution is 5.99. The van der Waals surface area contributed by atoms with E-state index < -0.39 is 11.7 Å². The number of ether oxygens (including phenoxy) is 4. The topological polar surface area (TPSA) is 74.2 Å². The molecule has 2 heterocycles. The summed E-state index contributed by atoms with van der Waals surface area (Å²) in [5.41, 5.74) is -0.865. The second kappa shape index (κ2) is 6.03. The largest absolute Gasteiger partial charge is 0.493 e. The number of carbonyl (C=O) groups is 1. The molecule has 4 fully saturated rings. The molecule has 1 N–H and O–H groups in total. The van der Waals surface area contributed by atoms with Crippen molar-refractivity contribution in [1.29, 1.82) is 0 Å². The Morgan fingerprint density at radius 2 is 1.86 bits per heavy atom. The first-order valence-electron chi connectivity index (χ1n) is 10.6. The summed E-state index contributed by atoms with van der Waals surface area (Å²) >= 11 is 0. The number of aliphatic hydroxyl groups is 1. The Kier molecular flexibility index (Phi) is 4.10. The van der Waals surface area contributed by atoms with Crippen LogP contribution in [0.5, 0.6) is 0 Å². The van der Waals surface area contributed by atoms with Crippen molar-refractivity contribution in [3.63, 3.8) is 0 Å². The molecule has 5 aliphatic rings. The highest BCUT2D eigenvalue weighted by atomic mass is 16.7. The Hall–Kier alpha value is -0.950. The zero-order chi connectivity index (χ0) is 20.0. The van der Waals surface area contributed by atoms with Crippen LogP contribution in [0.4, 0.5) is 0 Å². The molecule has 2 aliphatic heterocycles. The number of ketones is 1. The molecule has 0 amide bonds. The Morgan fingerprint density at radius 3 is 2.57 bits per heavy atom. The Balaban J connectivity index is 1.71. The van der Waals surface area contributed by atoms with E-state index in [1.807, 2.05) is 6.08 Å². The molecule has 0 radical (unpaired) electrons. The number of fused-ring (bicyclic) bond motifs is 4. The summed E-state index contributed by atoms with van der Waals surface area (Å²) in [6.45, 7) is 9.00. The fourth-order valence-corrected chi connectivity index (χ4v) is 7.95. The highest BCUT2D eigenvalue weighted by Gasteiger charge is 2.73. The van der Waals surface area contributed by atoms with Crippen molar-refractivity contribution < 1.29 is 28.8 Å². The number of carbonyl (C=O) groups excluding carboxylic acids is 1. The lowest BCUT2D eigenvalue weighted by Gasteiger charge is -2.69. The van der Waals surface area contributed by atoms with Crippen molar-refractivity contribution >= 4 is 5.78 Å². The zero-order valence-electron chi connectivity index (χ0n) is 17.4. The van der Waals surface area contributed by atoms with Gasteiger partial charge in [-0.3, -0.25) is 4.79 Å². The van der Waals surface area contributed by atoms with E-state index in [4.69, 9.17) is 18.9 Å². The van der Waals surface area contributed by atoms with Crippen LogP contribution in [0, 0.1) is 40.4 Å². The van der Waals surface area contributed by atoms with Gasteiger partial charge in [-0.25, -0.2) is 0 Å². The molecule has 11 atom stereocenters. The average molecular weight is 392 g/mol. The van der Waals surface area contributed by atoms with E-state index in [2.05, 4.69) is 27.7 Å². The predicted molar refractivity (Wildman–Crippen MR) is 99.8 cm³/mol. The first-order chi connectivity index (χ1) is 13.2. The molecular formula is C22H32O6. The van der Waals surface area contributed by atoms with Gasteiger partial charge in [-0.05, 0) is 36.2 Å². The Labute approximate surface area is 166 Å². The van der Waals surface area contributed by atoms with Gasteiger partial charge in [-0.1, -0.05) is 27.7 Å². The number of hydrogen-bond donors (Lipinski definition) is 1. The minimum Gasteiger partial charge on any atom is -0.493 e. The summed E-state index contributed by atoms with van der Waals surface area (Å²) in [6, 6.07) is 0. The van der Waals surface area contributed by atoms with Crippen molar-refractivity contribution in [2.24, 2.45) is 40.4 Å². The molecule has 0 spiro atoms. The molecule has 5 unspecified atom stereocenters. The third-order valence-corrected chi connectivity index (χ3v) is 9.13. The number of aliphatic hydroxyl groups excluding tert-OH is 1. The minimum absolute atomic E-state index is 0.0428. The molecule has 6 heteroatoms. The summed E-state index contributed by atoms with van der Waals surface area (Å²) in [5.74, 6) is 1.26. The molecule has 6 nitrogen and oxygen atoms in total. The van der Waals surface area contributed by atoms with Crippen LogP contribution in [0.2, 0.25) is 0 Å². The summed E-state index contributed by atoms with van der Waals surface area (Å²) in [5, 5.41) is 10.5. The second-order valence-corrected chi connectivity index (χ2v) is 10.1. The third-order valence-electron chi connectivity index (χ3n) is 9.13. The zero-order valence-corrected chi connectivity index (χ0v) is 17.4. The van der Waals surface area contributed by atoms with E-state index in [1.54, 1.807) is 7.11 Å². The van der Waals surface area contributed by atoms with E-state index in [0.29, 0.717) is 12.2 Å². The number of hydrogen-bond acceptors (Lipinski definition) is 6. The fourth-order valence-electron chi connectivity index (χ4n) is 7.95. The van der Waals surface area contributed by atoms with Crippen LogP contribution in [-0.2, 0) is 23.7 Å². The van der Waals surface area contributed by atoms with Gasteiger partial charge in [0.15, 0.2) is 12.0 Å². The molecule has 5 rings (SSSR count). The summed E-state index contributed by atoms with van der Waals surface area (Å²) in [4.78, 5) is 13.7. The van der Waals surface area contributed by atoms with Gasteiger partial charge in [0.2, 0.25) is 5.78 Å². The fraction of sp³-hybridized carbons (Fsp3) is 0.864. The van der Waals surface area contributed by atoms with Crippen LogP contribution in [0.15, 0.2) is 11.8 Å².